The van der Waals surface area contributed by atoms with Gasteiger partial charge in [-0.3, -0.25) is 0 Å². The Hall–Kier alpha value is -6.09. The van der Waals surface area contributed by atoms with Crippen LogP contribution in [0.4, 0.5) is 0 Å². The molecule has 10 aromatic carbocycles. The molecular weight excluding hydrogens is 1370 g/mol. The molecule has 0 radical (unpaired) electrons. The van der Waals surface area contributed by atoms with Crippen molar-refractivity contribution in [1.29, 1.82) is 0 Å². The number of fused-ring (bicyclic) bond motifs is 4. The Morgan fingerprint density at radius 3 is 0.750 bits per heavy atom. The van der Waals surface area contributed by atoms with E-state index in [1.807, 2.05) is 0 Å². The van der Waals surface area contributed by atoms with Crippen molar-refractivity contribution in [3.05, 3.63) is 315 Å². The summed E-state index contributed by atoms with van der Waals surface area (Å²) in [7, 11) is 0. The molecule has 10 aromatic rings. The van der Waals surface area contributed by atoms with Crippen LogP contribution in [0.25, 0.3) is 65.4 Å². The van der Waals surface area contributed by atoms with Gasteiger partial charge in [-0.15, -0.1) is 0 Å². The van der Waals surface area contributed by atoms with Gasteiger partial charge in [0.05, 0.1) is 0 Å². The maximum absolute atomic E-state index is 2.61. The van der Waals surface area contributed by atoms with Crippen molar-refractivity contribution in [2.75, 3.05) is 0 Å². The third-order valence-electron chi connectivity index (χ3n) is 16.3. The maximum atomic E-state index is 2.61. The first kappa shape index (κ1) is 55.8. The van der Waals surface area contributed by atoms with Crippen LogP contribution in [0, 0.1) is 0 Å². The van der Waals surface area contributed by atoms with Crippen molar-refractivity contribution in [1.82, 2.24) is 0 Å². The molecule has 0 N–H and O–H groups in total. The Labute approximate surface area is 500 Å². The van der Waals surface area contributed by atoms with Gasteiger partial charge in [-0.05, 0) is 0 Å². The number of rotatable bonds is 10. The summed E-state index contributed by atoms with van der Waals surface area (Å²) >= 11 is -4.75. The third kappa shape index (κ3) is 11.4. The van der Waals surface area contributed by atoms with E-state index in [1.165, 1.54) is 87.6 Å². The second kappa shape index (κ2) is 25.4. The van der Waals surface area contributed by atoms with Gasteiger partial charge in [0.1, 0.15) is 0 Å². The van der Waals surface area contributed by atoms with E-state index in [-0.39, 0.29) is 24.8 Å². The Kier molecular flexibility index (Phi) is 17.7. The molecule has 0 amide bonds. The van der Waals surface area contributed by atoms with Crippen molar-refractivity contribution in [2.45, 2.75) is 38.8 Å². The van der Waals surface area contributed by atoms with Crippen LogP contribution in [0.5, 0.6) is 0 Å². The molecule has 6 heteroatoms. The number of hydrogen-bond donors (Lipinski definition) is 0. The molecule has 14 rings (SSSR count). The predicted octanol–water partition coefficient (Wildman–Crippen LogP) is 12.4. The minimum Gasteiger partial charge on any atom is -1.00 e. The SMILES string of the molecule is C[Si](c1ccccc1)=[Hf]([C]1=CC(c2cccc3ccccc23)=CC1)[C]1=CC(c2cccc3ccccc23)=CC1.C[Si](c1ccccc1)=[Hf]([C]1=CC(c2cccc3ccccc23)=CC1)[C]1=CC(c2cccc3ccccc23)=CC1.[Cl-].[Cl-]. The van der Waals surface area contributed by atoms with Crippen molar-refractivity contribution in [3.8, 4) is 0 Å². The van der Waals surface area contributed by atoms with Crippen LogP contribution in [-0.4, -0.2) is 11.0 Å². The van der Waals surface area contributed by atoms with Gasteiger partial charge in [-0.2, -0.15) is 0 Å². The van der Waals surface area contributed by atoms with Gasteiger partial charge in [0, 0.05) is 0 Å². The minimum atomic E-state index is -2.38. The maximum Gasteiger partial charge on any atom is -1.00 e. The van der Waals surface area contributed by atoms with Crippen LogP contribution in [0.15, 0.2) is 292 Å². The van der Waals surface area contributed by atoms with Crippen molar-refractivity contribution < 1.29 is 64.9 Å². The largest absolute Gasteiger partial charge is 1.00 e. The number of hydrogen-bond acceptors (Lipinski definition) is 0. The summed E-state index contributed by atoms with van der Waals surface area (Å²) in [4.78, 5) is 0. The standard InChI is InChI=1S/4C15H11.2C7H8Si.2ClH.2Hf/c4*1-2-7-12(6-1)15-11-5-9-13-8-3-4-10-14(13)15;2*1-8-7-5-3-2-4-6-7;;;;/h4*3-11H,1H2;2*2-6H,1H3;2*1H;;/p-2. The topological polar surface area (TPSA) is 0 Å². The van der Waals surface area contributed by atoms with Gasteiger partial charge < -0.3 is 24.8 Å². The summed E-state index contributed by atoms with van der Waals surface area (Å²) in [6.45, 7) is 5.21. The first-order valence-corrected chi connectivity index (χ1v) is 49.6. The van der Waals surface area contributed by atoms with Crippen LogP contribution in [-0.2, 0) is 40.1 Å². The molecule has 4 aliphatic carbocycles. The Balaban J connectivity index is 0.000000165. The zero-order chi connectivity index (χ0) is 52.4. The van der Waals surface area contributed by atoms with E-state index in [1.54, 1.807) is 23.7 Å². The van der Waals surface area contributed by atoms with E-state index < -0.39 is 51.1 Å². The Morgan fingerprint density at radius 2 is 0.487 bits per heavy atom. The monoisotopic (exact) mass is 1430 g/mol. The normalized spacial score (nSPS) is 14.3. The van der Waals surface area contributed by atoms with Gasteiger partial charge in [-0.25, -0.2) is 0 Å². The summed E-state index contributed by atoms with van der Waals surface area (Å²) in [5, 5.41) is 13.9. The smallest absolute Gasteiger partial charge is 1.00 e. The fourth-order valence-electron chi connectivity index (χ4n) is 12.5. The summed E-state index contributed by atoms with van der Waals surface area (Å²) in [5.41, 5.74) is 9.92. The second-order valence-corrected chi connectivity index (χ2v) is 63.6. The molecule has 0 saturated heterocycles. The molecule has 0 fully saturated rings. The van der Waals surface area contributed by atoms with E-state index in [0.717, 1.165) is 25.7 Å². The fourth-order valence-corrected chi connectivity index (χ4v) is 64.3. The number of allylic oxidation sites excluding steroid dienone is 16. The molecule has 0 saturated carbocycles. The average molecular weight is 1430 g/mol. The van der Waals surface area contributed by atoms with E-state index >= 15 is 0 Å². The molecule has 0 unspecified atom stereocenters. The van der Waals surface area contributed by atoms with Crippen LogP contribution in [0.2, 0.25) is 13.1 Å². The van der Waals surface area contributed by atoms with Crippen LogP contribution < -0.4 is 35.2 Å². The summed E-state index contributed by atoms with van der Waals surface area (Å²) in [6, 6.07) is 85.1. The molecule has 0 nitrogen and oxygen atoms in total. The van der Waals surface area contributed by atoms with Crippen LogP contribution in [0.3, 0.4) is 0 Å². The minimum absolute atomic E-state index is 0. The first-order valence-electron chi connectivity index (χ1n) is 27.6. The van der Waals surface area contributed by atoms with Gasteiger partial charge in [0.2, 0.25) is 0 Å². The van der Waals surface area contributed by atoms with Gasteiger partial charge in [0.15, 0.2) is 0 Å². The quantitative estimate of drug-likeness (QED) is 0.120. The zero-order valence-electron chi connectivity index (χ0n) is 45.1. The molecule has 0 bridgehead atoms. The first-order chi connectivity index (χ1) is 38.5. The van der Waals surface area contributed by atoms with Crippen molar-refractivity contribution in [3.63, 3.8) is 0 Å². The summed E-state index contributed by atoms with van der Waals surface area (Å²) in [5.74, 6) is 0. The van der Waals surface area contributed by atoms with E-state index in [2.05, 4.69) is 292 Å². The summed E-state index contributed by atoms with van der Waals surface area (Å²) in [6.07, 6.45) is 25.0. The van der Waals surface area contributed by atoms with Gasteiger partial charge in [-0.1, -0.05) is 0 Å². The molecule has 0 aromatic heterocycles. The molecule has 0 atom stereocenters. The van der Waals surface area contributed by atoms with Crippen LogP contribution in [0.1, 0.15) is 47.9 Å². The predicted molar refractivity (Wildman–Crippen MR) is 334 cm³/mol. The number of benzene rings is 10. The number of halogens is 2. The van der Waals surface area contributed by atoms with E-state index in [0.29, 0.717) is 0 Å². The molecule has 388 valence electrons. The second-order valence-electron chi connectivity index (χ2n) is 21.0. The zero-order valence-corrected chi connectivity index (χ0v) is 55.8. The molecule has 0 spiro atoms. The van der Waals surface area contributed by atoms with E-state index in [9.17, 15) is 0 Å². The molecule has 4 aliphatic rings. The molecule has 0 heterocycles. The molecular formula is C74H60Cl2Hf2Si2-2. The van der Waals surface area contributed by atoms with Gasteiger partial charge in [0.25, 0.3) is 0 Å². The van der Waals surface area contributed by atoms with Crippen molar-refractivity contribution >= 4 is 86.7 Å². The Bertz CT molecular complexity index is 3850. The average Bonchev–Trinajstić information content (AvgIpc) is 4.38. The fraction of sp³-hybridized carbons (Fsp3) is 0.0811. The molecule has 0 aliphatic heterocycles. The Morgan fingerprint density at radius 1 is 0.263 bits per heavy atom. The summed E-state index contributed by atoms with van der Waals surface area (Å²) < 4.78 is 7.12. The van der Waals surface area contributed by atoms with Gasteiger partial charge >= 0.3 is 480 Å². The molecule has 80 heavy (non-hydrogen) atoms. The third-order valence-corrected chi connectivity index (χ3v) is 67.4. The van der Waals surface area contributed by atoms with E-state index in [4.69, 9.17) is 0 Å². The van der Waals surface area contributed by atoms with Crippen molar-refractivity contribution in [2.24, 2.45) is 0 Å². The van der Waals surface area contributed by atoms with Crippen LogP contribution >= 0.6 is 0 Å².